The lowest BCUT2D eigenvalue weighted by atomic mass is 10.0. The van der Waals surface area contributed by atoms with Crippen LogP contribution in [-0.4, -0.2) is 34.3 Å². The largest absolute Gasteiger partial charge is 0.486 e. The van der Waals surface area contributed by atoms with Gasteiger partial charge in [0.2, 0.25) is 0 Å². The van der Waals surface area contributed by atoms with Crippen molar-refractivity contribution in [1.29, 1.82) is 0 Å². The zero-order valence-corrected chi connectivity index (χ0v) is 17.0. The van der Waals surface area contributed by atoms with Gasteiger partial charge in [-0.25, -0.2) is 15.0 Å². The second-order valence-corrected chi connectivity index (χ2v) is 7.52. The van der Waals surface area contributed by atoms with E-state index in [0.29, 0.717) is 47.2 Å². The van der Waals surface area contributed by atoms with Crippen molar-refractivity contribution in [3.8, 4) is 5.75 Å². The molecule has 3 N–H and O–H groups in total. The van der Waals surface area contributed by atoms with Gasteiger partial charge in [0.05, 0.1) is 36.4 Å². The number of alkyl halides is 3. The van der Waals surface area contributed by atoms with Gasteiger partial charge in [-0.2, -0.15) is 13.2 Å². The Morgan fingerprint density at radius 1 is 1.23 bits per heavy atom. The zero-order valence-electron chi connectivity index (χ0n) is 17.0. The molecule has 7 nitrogen and oxygen atoms in total. The van der Waals surface area contributed by atoms with E-state index in [0.717, 1.165) is 18.6 Å². The summed E-state index contributed by atoms with van der Waals surface area (Å²) in [6.45, 7) is 4.63. The number of nitrogens with zero attached hydrogens (tertiary/aromatic N) is 3. The fraction of sp³-hybridized carbons (Fsp3) is 0.381. The Morgan fingerprint density at radius 2 is 2.03 bits per heavy atom. The molecule has 0 saturated carbocycles. The Hall–Kier alpha value is -3.14. The Balaban J connectivity index is 1.66. The molecular weight excluding hydrogens is 411 g/mol. The van der Waals surface area contributed by atoms with E-state index in [1.807, 2.05) is 0 Å². The maximum Gasteiger partial charge on any atom is 0.416 e. The Kier molecular flexibility index (Phi) is 5.57. The molecule has 0 amide bonds. The molecule has 0 aliphatic carbocycles. The van der Waals surface area contributed by atoms with E-state index in [2.05, 4.69) is 20.3 Å². The van der Waals surface area contributed by atoms with E-state index in [1.54, 1.807) is 26.1 Å². The van der Waals surface area contributed by atoms with Crippen LogP contribution in [-0.2, 0) is 10.9 Å². The van der Waals surface area contributed by atoms with Gasteiger partial charge in [0.15, 0.2) is 5.65 Å². The minimum Gasteiger partial charge on any atom is -0.486 e. The minimum atomic E-state index is -4.48. The number of nitrogen functional groups attached to an aromatic ring is 1. The lowest BCUT2D eigenvalue weighted by Gasteiger charge is -2.19. The highest BCUT2D eigenvalue weighted by Gasteiger charge is 2.31. The number of hydrogen-bond acceptors (Lipinski definition) is 7. The third-order valence-electron chi connectivity index (χ3n) is 4.99. The van der Waals surface area contributed by atoms with Crippen molar-refractivity contribution in [1.82, 2.24) is 15.0 Å². The number of hydrogen-bond donors (Lipinski definition) is 2. The minimum absolute atomic E-state index is 0.0401. The second-order valence-electron chi connectivity index (χ2n) is 7.52. The maximum absolute atomic E-state index is 13.2. The topological polar surface area (TPSA) is 95.2 Å². The average molecular weight is 433 g/mol. The van der Waals surface area contributed by atoms with Crippen molar-refractivity contribution >= 4 is 22.5 Å². The zero-order chi connectivity index (χ0) is 22.2. The van der Waals surface area contributed by atoms with Gasteiger partial charge in [0, 0.05) is 12.1 Å². The van der Waals surface area contributed by atoms with Crippen LogP contribution in [0.2, 0.25) is 0 Å². The predicted octanol–water partition coefficient (Wildman–Crippen LogP) is 4.28. The fourth-order valence-corrected chi connectivity index (χ4v) is 3.45. The van der Waals surface area contributed by atoms with Crippen LogP contribution in [0, 0.1) is 6.92 Å². The lowest BCUT2D eigenvalue weighted by Crippen LogP contribution is -2.16. The van der Waals surface area contributed by atoms with E-state index >= 15 is 0 Å². The number of rotatable bonds is 5. The third-order valence-corrected chi connectivity index (χ3v) is 4.99. The van der Waals surface area contributed by atoms with Crippen LogP contribution in [0.4, 0.5) is 24.7 Å². The van der Waals surface area contributed by atoms with Crippen molar-refractivity contribution in [3.63, 3.8) is 0 Å². The van der Waals surface area contributed by atoms with Gasteiger partial charge >= 0.3 is 6.18 Å². The molecule has 0 radical (unpaired) electrons. The van der Waals surface area contributed by atoms with Crippen LogP contribution in [0.15, 0.2) is 30.5 Å². The lowest BCUT2D eigenvalue weighted by molar-refractivity contribution is -0.137. The molecule has 1 aliphatic rings. The first-order valence-electron chi connectivity index (χ1n) is 9.82. The van der Waals surface area contributed by atoms with Crippen molar-refractivity contribution in [2.75, 3.05) is 24.3 Å². The van der Waals surface area contributed by atoms with Gasteiger partial charge < -0.3 is 20.5 Å². The molecule has 1 saturated heterocycles. The number of ether oxygens (including phenoxy) is 2. The summed E-state index contributed by atoms with van der Waals surface area (Å²) in [5.41, 5.74) is 5.80. The van der Waals surface area contributed by atoms with Gasteiger partial charge in [-0.15, -0.1) is 0 Å². The third kappa shape index (κ3) is 4.79. The number of nitrogens with two attached hydrogens (primary N) is 1. The quantitative estimate of drug-likeness (QED) is 0.580. The smallest absolute Gasteiger partial charge is 0.416 e. The first kappa shape index (κ1) is 21.1. The van der Waals surface area contributed by atoms with Crippen molar-refractivity contribution < 1.29 is 22.6 Å². The molecule has 0 unspecified atom stereocenters. The van der Waals surface area contributed by atoms with Crippen molar-refractivity contribution in [2.24, 2.45) is 0 Å². The monoisotopic (exact) mass is 433 g/mol. The van der Waals surface area contributed by atoms with Crippen molar-refractivity contribution in [2.45, 2.75) is 38.6 Å². The fourth-order valence-electron chi connectivity index (χ4n) is 3.45. The highest BCUT2D eigenvalue weighted by molar-refractivity contribution is 5.87. The van der Waals surface area contributed by atoms with Gasteiger partial charge in [0.25, 0.3) is 0 Å². The van der Waals surface area contributed by atoms with E-state index in [9.17, 15) is 13.2 Å². The number of pyridine rings is 1. The molecule has 4 rings (SSSR count). The summed E-state index contributed by atoms with van der Waals surface area (Å²) in [5, 5.41) is 3.78. The van der Waals surface area contributed by atoms with E-state index in [-0.39, 0.29) is 11.8 Å². The van der Waals surface area contributed by atoms with Crippen LogP contribution >= 0.6 is 0 Å². The van der Waals surface area contributed by atoms with Gasteiger partial charge in [0.1, 0.15) is 23.5 Å². The number of benzene rings is 1. The van der Waals surface area contributed by atoms with E-state index in [4.69, 9.17) is 15.2 Å². The summed E-state index contributed by atoms with van der Waals surface area (Å²) in [6.07, 6.45) is -2.15. The summed E-state index contributed by atoms with van der Waals surface area (Å²) < 4.78 is 50.8. The molecule has 0 bridgehead atoms. The van der Waals surface area contributed by atoms with Gasteiger partial charge in [-0.3, -0.25) is 0 Å². The highest BCUT2D eigenvalue weighted by Crippen LogP contribution is 2.34. The predicted molar refractivity (Wildman–Crippen MR) is 110 cm³/mol. The van der Waals surface area contributed by atoms with Gasteiger partial charge in [-0.05, 0) is 43.7 Å². The van der Waals surface area contributed by atoms with Gasteiger partial charge in [-0.1, -0.05) is 0 Å². The number of anilines is 2. The van der Waals surface area contributed by atoms with Crippen LogP contribution in [0.5, 0.6) is 5.75 Å². The molecule has 164 valence electrons. The molecule has 1 aromatic carbocycles. The SMILES string of the molecule is Cc1nc(N[C@H](C)c2cc(N)cc(C(F)(F)F)c2)c2cc(O[C@H]3CCOC3)cnc2n1. The van der Waals surface area contributed by atoms with Crippen LogP contribution in [0.25, 0.3) is 11.0 Å². The molecule has 1 aliphatic heterocycles. The molecular formula is C21H22F3N5O2. The number of halogens is 3. The molecule has 3 heterocycles. The first-order chi connectivity index (χ1) is 14.7. The molecule has 2 atom stereocenters. The molecule has 0 spiro atoms. The molecule has 3 aromatic rings. The summed E-state index contributed by atoms with van der Waals surface area (Å²) in [7, 11) is 0. The van der Waals surface area contributed by atoms with Crippen LogP contribution in [0.3, 0.4) is 0 Å². The summed E-state index contributed by atoms with van der Waals surface area (Å²) in [6, 6.07) is 4.78. The number of nitrogens with one attached hydrogen (secondary N) is 1. The number of fused-ring (bicyclic) bond motifs is 1. The normalized spacial score (nSPS) is 17.6. The van der Waals surface area contributed by atoms with Crippen LogP contribution in [0.1, 0.15) is 36.3 Å². The average Bonchev–Trinajstić information content (AvgIpc) is 3.20. The molecule has 2 aromatic heterocycles. The molecule has 1 fully saturated rings. The number of aryl methyl sites for hydroxylation is 1. The Labute approximate surface area is 176 Å². The second kappa shape index (κ2) is 8.18. The Morgan fingerprint density at radius 3 is 2.74 bits per heavy atom. The maximum atomic E-state index is 13.2. The summed E-state index contributed by atoms with van der Waals surface area (Å²) in [5.74, 6) is 1.48. The molecule has 10 heteroatoms. The molecule has 31 heavy (non-hydrogen) atoms. The van der Waals surface area contributed by atoms with E-state index in [1.165, 1.54) is 6.07 Å². The van der Waals surface area contributed by atoms with Crippen LogP contribution < -0.4 is 15.8 Å². The highest BCUT2D eigenvalue weighted by atomic mass is 19.4. The van der Waals surface area contributed by atoms with Crippen molar-refractivity contribution in [3.05, 3.63) is 47.4 Å². The Bertz CT molecular complexity index is 1100. The number of aromatic nitrogens is 3. The summed E-state index contributed by atoms with van der Waals surface area (Å²) >= 11 is 0. The standard InChI is InChI=1S/C21H22F3N5O2/c1-11(13-5-14(21(22,23)24)7-15(25)6-13)27-20-18-8-17(31-16-3-4-30-10-16)9-26-19(18)28-12(2)29-20/h5-9,11,16H,3-4,10,25H2,1-2H3,(H,26,27,28,29)/t11-,16+/m1/s1. The van der Waals surface area contributed by atoms with E-state index < -0.39 is 17.8 Å². The summed E-state index contributed by atoms with van der Waals surface area (Å²) in [4.78, 5) is 13.1. The first-order valence-corrected chi connectivity index (χ1v) is 9.82.